The molecule has 0 bridgehead atoms. The van der Waals surface area contributed by atoms with Gasteiger partial charge in [-0.1, -0.05) is 44.2 Å². The van der Waals surface area contributed by atoms with Gasteiger partial charge in [-0.2, -0.15) is 0 Å². The summed E-state index contributed by atoms with van der Waals surface area (Å²) in [6, 6.07) is 7.71. The Hall–Kier alpha value is -3.47. The second kappa shape index (κ2) is 13.5. The van der Waals surface area contributed by atoms with E-state index < -0.39 is 29.8 Å². The molecule has 0 radical (unpaired) electrons. The van der Waals surface area contributed by atoms with E-state index in [4.69, 9.17) is 5.73 Å². The maximum absolute atomic E-state index is 12.9. The molecular formula is C28H42N6O5. The Balaban J connectivity index is 1.41. The van der Waals surface area contributed by atoms with Crippen LogP contribution in [-0.2, 0) is 30.4 Å². The van der Waals surface area contributed by atoms with Gasteiger partial charge >= 0.3 is 0 Å². The summed E-state index contributed by atoms with van der Waals surface area (Å²) in [5.41, 5.74) is 6.99. The van der Waals surface area contributed by atoms with E-state index in [1.54, 1.807) is 11.8 Å². The first-order valence-electron chi connectivity index (χ1n) is 13.7. The summed E-state index contributed by atoms with van der Waals surface area (Å²) in [5, 5.41) is 7.87. The number of nitrogens with two attached hydrogens (primary N) is 1. The molecule has 11 heteroatoms. The minimum atomic E-state index is -0.836. The fourth-order valence-electron chi connectivity index (χ4n) is 5.14. The largest absolute Gasteiger partial charge is 0.346 e. The lowest BCUT2D eigenvalue weighted by molar-refractivity contribution is -0.148. The lowest BCUT2D eigenvalue weighted by atomic mass is 9.72. The summed E-state index contributed by atoms with van der Waals surface area (Å²) in [6.45, 7) is 7.66. The maximum Gasteiger partial charge on any atom is 0.243 e. The molecule has 214 valence electrons. The molecule has 39 heavy (non-hydrogen) atoms. The zero-order chi connectivity index (χ0) is 28.6. The van der Waals surface area contributed by atoms with Gasteiger partial charge in [-0.15, -0.1) is 0 Å². The molecule has 2 aliphatic rings. The maximum atomic E-state index is 12.9. The highest BCUT2D eigenvalue weighted by Crippen LogP contribution is 2.40. The fourth-order valence-corrected chi connectivity index (χ4v) is 5.14. The van der Waals surface area contributed by atoms with Crippen LogP contribution in [0, 0.1) is 11.3 Å². The summed E-state index contributed by atoms with van der Waals surface area (Å²) in [4.78, 5) is 65.5. The molecule has 2 unspecified atom stereocenters. The number of hydrogen-bond acceptors (Lipinski definition) is 6. The minimum absolute atomic E-state index is 0.0823. The van der Waals surface area contributed by atoms with Crippen LogP contribution >= 0.6 is 0 Å². The number of hydrogen-bond donors (Lipinski definition) is 4. The standard InChI is InChI=1S/C28H42N6O5/c1-19(2)13-23(32-24(36)15-30-26(38)22(29)14-21-7-5-4-6-8-21)27(39)31-16-25(37)33-11-9-28(10-12-33)17-34(18-28)20(3)35/h4-8,19,22-23H,9-18,29H2,1-3H3,(H,30,38)(H,31,39)(H,32,36). The van der Waals surface area contributed by atoms with Gasteiger partial charge in [0.15, 0.2) is 0 Å². The summed E-state index contributed by atoms with van der Waals surface area (Å²) in [6.07, 6.45) is 2.40. The Morgan fingerprint density at radius 1 is 0.923 bits per heavy atom. The Labute approximate surface area is 230 Å². The summed E-state index contributed by atoms with van der Waals surface area (Å²) >= 11 is 0. The van der Waals surface area contributed by atoms with Crippen molar-refractivity contribution in [3.63, 3.8) is 0 Å². The first-order valence-corrected chi connectivity index (χ1v) is 13.7. The predicted octanol–water partition coefficient (Wildman–Crippen LogP) is -0.209. The fraction of sp³-hybridized carbons (Fsp3) is 0.607. The van der Waals surface area contributed by atoms with E-state index in [2.05, 4.69) is 16.0 Å². The SMILES string of the molecule is CC(=O)N1CC2(CCN(C(=O)CNC(=O)C(CC(C)C)NC(=O)CNC(=O)C(N)Cc3ccccc3)CC2)C1. The van der Waals surface area contributed by atoms with E-state index >= 15 is 0 Å². The highest BCUT2D eigenvalue weighted by atomic mass is 16.2. The lowest BCUT2D eigenvalue weighted by Crippen LogP contribution is -2.62. The molecule has 2 fully saturated rings. The molecule has 1 aromatic carbocycles. The second-order valence-electron chi connectivity index (χ2n) is 11.2. The molecule has 1 aromatic rings. The number of likely N-dealkylation sites (tertiary alicyclic amines) is 2. The van der Waals surface area contributed by atoms with Crippen LogP contribution in [0.25, 0.3) is 0 Å². The third kappa shape index (κ3) is 8.77. The molecular weight excluding hydrogens is 500 g/mol. The summed E-state index contributed by atoms with van der Waals surface area (Å²) in [7, 11) is 0. The van der Waals surface area contributed by atoms with Gasteiger partial charge in [-0.3, -0.25) is 24.0 Å². The number of rotatable bonds is 11. The Bertz CT molecular complexity index is 1030. The van der Waals surface area contributed by atoms with E-state index in [9.17, 15) is 24.0 Å². The Morgan fingerprint density at radius 2 is 1.54 bits per heavy atom. The normalized spacial score (nSPS) is 17.7. The highest BCUT2D eigenvalue weighted by Gasteiger charge is 2.46. The van der Waals surface area contributed by atoms with Crippen molar-refractivity contribution in [2.75, 3.05) is 39.3 Å². The first-order chi connectivity index (χ1) is 18.5. The van der Waals surface area contributed by atoms with Crippen molar-refractivity contribution in [3.8, 4) is 0 Å². The van der Waals surface area contributed by atoms with Crippen molar-refractivity contribution in [3.05, 3.63) is 35.9 Å². The summed E-state index contributed by atoms with van der Waals surface area (Å²) in [5.74, 6) is -1.38. The monoisotopic (exact) mass is 542 g/mol. The number of benzene rings is 1. The van der Waals surface area contributed by atoms with Crippen LogP contribution in [0.3, 0.4) is 0 Å². The molecule has 2 saturated heterocycles. The first kappa shape index (κ1) is 30.1. The molecule has 11 nitrogen and oxygen atoms in total. The van der Waals surface area contributed by atoms with Gasteiger partial charge in [0.05, 0.1) is 19.1 Å². The number of nitrogens with one attached hydrogen (secondary N) is 3. The van der Waals surface area contributed by atoms with Crippen LogP contribution in [0.5, 0.6) is 0 Å². The summed E-state index contributed by atoms with van der Waals surface area (Å²) < 4.78 is 0. The number of amides is 5. The quantitative estimate of drug-likeness (QED) is 0.303. The van der Waals surface area contributed by atoms with Crippen LogP contribution in [0.1, 0.15) is 45.6 Å². The number of piperidine rings is 1. The van der Waals surface area contributed by atoms with Crippen LogP contribution in [0.15, 0.2) is 30.3 Å². The molecule has 2 heterocycles. The molecule has 0 aromatic heterocycles. The number of carbonyl (C=O) groups is 5. The lowest BCUT2D eigenvalue weighted by Gasteiger charge is -2.53. The van der Waals surface area contributed by atoms with Gasteiger partial charge < -0.3 is 31.5 Å². The molecule has 0 saturated carbocycles. The smallest absolute Gasteiger partial charge is 0.243 e. The van der Waals surface area contributed by atoms with Gasteiger partial charge in [0.1, 0.15) is 6.04 Å². The third-order valence-electron chi connectivity index (χ3n) is 7.51. The van der Waals surface area contributed by atoms with Gasteiger partial charge in [0.2, 0.25) is 29.5 Å². The van der Waals surface area contributed by atoms with Crippen LogP contribution in [0.2, 0.25) is 0 Å². The second-order valence-corrected chi connectivity index (χ2v) is 11.2. The Morgan fingerprint density at radius 3 is 2.13 bits per heavy atom. The van der Waals surface area contributed by atoms with Crippen LogP contribution < -0.4 is 21.7 Å². The van der Waals surface area contributed by atoms with Gasteiger partial charge in [-0.25, -0.2) is 0 Å². The minimum Gasteiger partial charge on any atom is -0.346 e. The Kier molecular flexibility index (Phi) is 10.4. The average molecular weight is 543 g/mol. The zero-order valence-electron chi connectivity index (χ0n) is 23.2. The van der Waals surface area contributed by atoms with E-state index in [0.717, 1.165) is 31.5 Å². The molecule has 2 aliphatic heterocycles. The van der Waals surface area contributed by atoms with Crippen molar-refractivity contribution >= 4 is 29.5 Å². The van der Waals surface area contributed by atoms with E-state index in [-0.39, 0.29) is 36.2 Å². The zero-order valence-corrected chi connectivity index (χ0v) is 23.2. The number of nitrogens with zero attached hydrogens (tertiary/aromatic N) is 2. The van der Waals surface area contributed by atoms with E-state index in [1.165, 1.54) is 0 Å². The third-order valence-corrected chi connectivity index (χ3v) is 7.51. The van der Waals surface area contributed by atoms with Crippen molar-refractivity contribution in [2.24, 2.45) is 17.1 Å². The molecule has 2 atom stereocenters. The van der Waals surface area contributed by atoms with Crippen molar-refractivity contribution < 1.29 is 24.0 Å². The van der Waals surface area contributed by atoms with Crippen LogP contribution in [-0.4, -0.2) is 90.7 Å². The van der Waals surface area contributed by atoms with Crippen molar-refractivity contribution in [2.45, 2.75) is 58.5 Å². The van der Waals surface area contributed by atoms with E-state index in [1.807, 2.05) is 49.1 Å². The molecule has 3 rings (SSSR count). The number of carbonyl (C=O) groups excluding carboxylic acids is 5. The highest BCUT2D eigenvalue weighted by molar-refractivity contribution is 5.92. The van der Waals surface area contributed by atoms with Crippen molar-refractivity contribution in [1.29, 1.82) is 0 Å². The average Bonchev–Trinajstić information content (AvgIpc) is 2.88. The molecule has 5 amide bonds. The topological polar surface area (TPSA) is 154 Å². The van der Waals surface area contributed by atoms with Gasteiger partial charge in [0, 0.05) is 38.5 Å². The van der Waals surface area contributed by atoms with Crippen LogP contribution in [0.4, 0.5) is 0 Å². The molecule has 1 spiro atoms. The van der Waals surface area contributed by atoms with Crippen molar-refractivity contribution in [1.82, 2.24) is 25.8 Å². The van der Waals surface area contributed by atoms with Gasteiger partial charge in [0.25, 0.3) is 0 Å². The van der Waals surface area contributed by atoms with E-state index in [0.29, 0.717) is 25.9 Å². The molecule has 5 N–H and O–H groups in total. The predicted molar refractivity (Wildman–Crippen MR) is 146 cm³/mol. The molecule has 0 aliphatic carbocycles. The van der Waals surface area contributed by atoms with Gasteiger partial charge in [-0.05, 0) is 37.2 Å².